The lowest BCUT2D eigenvalue weighted by Gasteiger charge is -2.28. The maximum Gasteiger partial charge on any atom is 0.270 e. The number of hydrogen-bond acceptors (Lipinski definition) is 2. The van der Waals surface area contributed by atoms with Crippen molar-refractivity contribution < 1.29 is 13.6 Å². The molecule has 0 bridgehead atoms. The second-order valence-electron chi connectivity index (χ2n) is 5.27. The topological polar surface area (TPSA) is 37.3 Å². The molecule has 1 fully saturated rings. The van der Waals surface area contributed by atoms with E-state index in [1.54, 1.807) is 24.1 Å². The minimum Gasteiger partial charge on any atom is -0.339 e. The molecule has 1 aromatic rings. The first kappa shape index (κ1) is 15.0. The molecule has 1 N–H and O–H groups in total. The molecule has 2 heterocycles. The van der Waals surface area contributed by atoms with E-state index in [-0.39, 0.29) is 5.91 Å². The summed E-state index contributed by atoms with van der Waals surface area (Å²) >= 11 is 0. The van der Waals surface area contributed by atoms with Crippen LogP contribution in [0.2, 0.25) is 0 Å². The van der Waals surface area contributed by atoms with Gasteiger partial charge in [0.25, 0.3) is 12.3 Å². The Morgan fingerprint density at radius 3 is 3.00 bits per heavy atom. The van der Waals surface area contributed by atoms with Gasteiger partial charge in [0.05, 0.1) is 6.54 Å². The molecule has 0 aromatic carbocycles. The molecule has 112 valence electrons. The molecule has 4 nitrogen and oxygen atoms in total. The van der Waals surface area contributed by atoms with Gasteiger partial charge in [-0.25, -0.2) is 8.78 Å². The van der Waals surface area contributed by atoms with Gasteiger partial charge in [0.15, 0.2) is 0 Å². The van der Waals surface area contributed by atoms with Crippen LogP contribution in [0.5, 0.6) is 0 Å². The highest BCUT2D eigenvalue weighted by Crippen LogP contribution is 2.12. The Kier molecular flexibility index (Phi) is 5.11. The molecule has 1 unspecified atom stereocenters. The highest BCUT2D eigenvalue weighted by molar-refractivity contribution is 5.92. The van der Waals surface area contributed by atoms with Gasteiger partial charge >= 0.3 is 0 Å². The summed E-state index contributed by atoms with van der Waals surface area (Å²) < 4.78 is 26.2. The van der Waals surface area contributed by atoms with E-state index >= 15 is 0 Å². The van der Waals surface area contributed by atoms with Crippen LogP contribution in [0.1, 0.15) is 29.8 Å². The summed E-state index contributed by atoms with van der Waals surface area (Å²) in [6.45, 7) is 1.15. The van der Waals surface area contributed by atoms with Crippen molar-refractivity contribution in [3.05, 3.63) is 24.0 Å². The molecule has 1 aromatic heterocycles. The number of carbonyl (C=O) groups excluding carboxylic acids is 1. The van der Waals surface area contributed by atoms with Gasteiger partial charge in [0, 0.05) is 25.8 Å². The maximum absolute atomic E-state index is 12.5. The average Bonchev–Trinajstić information content (AvgIpc) is 2.86. The van der Waals surface area contributed by atoms with E-state index < -0.39 is 13.0 Å². The van der Waals surface area contributed by atoms with E-state index in [1.165, 1.54) is 23.6 Å². The maximum atomic E-state index is 12.5. The zero-order valence-electron chi connectivity index (χ0n) is 11.7. The normalized spacial score (nSPS) is 19.3. The van der Waals surface area contributed by atoms with Gasteiger partial charge in [-0.05, 0) is 31.5 Å². The molecule has 0 spiro atoms. The van der Waals surface area contributed by atoms with Gasteiger partial charge in [0.2, 0.25) is 0 Å². The van der Waals surface area contributed by atoms with Gasteiger partial charge in [-0.2, -0.15) is 0 Å². The van der Waals surface area contributed by atoms with Gasteiger partial charge < -0.3 is 14.8 Å². The van der Waals surface area contributed by atoms with Crippen LogP contribution in [-0.2, 0) is 6.54 Å². The molecule has 0 radical (unpaired) electrons. The number of amides is 1. The van der Waals surface area contributed by atoms with Crippen molar-refractivity contribution in [2.75, 3.05) is 20.1 Å². The lowest BCUT2D eigenvalue weighted by molar-refractivity contribution is 0.0754. The number of nitrogens with one attached hydrogen (secondary N) is 1. The molecule has 1 aliphatic rings. The first-order valence-corrected chi connectivity index (χ1v) is 7.00. The standard InChI is InChI=1S/C14H21F2N3O/c1-18(9-11-5-2-3-7-17-11)14(20)12-6-4-8-19(12)10-13(15)16/h4,6,8,11,13,17H,2-3,5,7,9-10H2,1H3. The van der Waals surface area contributed by atoms with E-state index in [1.807, 2.05) is 0 Å². The fraction of sp³-hybridized carbons (Fsp3) is 0.643. The van der Waals surface area contributed by atoms with Crippen LogP contribution in [0.4, 0.5) is 8.78 Å². The molecule has 1 amide bonds. The minimum absolute atomic E-state index is 0.206. The first-order valence-electron chi connectivity index (χ1n) is 7.00. The number of aromatic nitrogens is 1. The SMILES string of the molecule is CN(CC1CCCCN1)C(=O)c1cccn1CC(F)F. The Bertz CT molecular complexity index is 441. The van der Waals surface area contributed by atoms with Crippen LogP contribution in [0.3, 0.4) is 0 Å². The summed E-state index contributed by atoms with van der Waals surface area (Å²) in [6, 6.07) is 3.52. The third-order valence-corrected chi connectivity index (χ3v) is 3.64. The summed E-state index contributed by atoms with van der Waals surface area (Å²) in [6.07, 6.45) is 2.45. The Morgan fingerprint density at radius 1 is 1.55 bits per heavy atom. The summed E-state index contributed by atoms with van der Waals surface area (Å²) in [5, 5.41) is 3.38. The molecular formula is C14H21F2N3O. The van der Waals surface area contributed by atoms with Gasteiger partial charge in [-0.3, -0.25) is 4.79 Å². The van der Waals surface area contributed by atoms with Crippen molar-refractivity contribution in [3.63, 3.8) is 0 Å². The minimum atomic E-state index is -2.46. The number of carbonyl (C=O) groups is 1. The van der Waals surface area contributed by atoms with Crippen molar-refractivity contribution in [1.82, 2.24) is 14.8 Å². The summed E-state index contributed by atoms with van der Waals surface area (Å²) in [4.78, 5) is 13.9. The van der Waals surface area contributed by atoms with Crippen molar-refractivity contribution >= 4 is 5.91 Å². The number of nitrogens with zero attached hydrogens (tertiary/aromatic N) is 2. The third kappa shape index (κ3) is 3.79. The van der Waals surface area contributed by atoms with E-state index in [2.05, 4.69) is 5.32 Å². The molecule has 6 heteroatoms. The second kappa shape index (κ2) is 6.83. The highest BCUT2D eigenvalue weighted by atomic mass is 19.3. The molecule has 1 aliphatic heterocycles. The summed E-state index contributed by atoms with van der Waals surface area (Å²) in [7, 11) is 1.72. The fourth-order valence-electron chi connectivity index (χ4n) is 2.61. The monoisotopic (exact) mass is 285 g/mol. The fourth-order valence-corrected chi connectivity index (χ4v) is 2.61. The smallest absolute Gasteiger partial charge is 0.270 e. The quantitative estimate of drug-likeness (QED) is 0.898. The Morgan fingerprint density at radius 2 is 2.35 bits per heavy atom. The highest BCUT2D eigenvalue weighted by Gasteiger charge is 2.21. The van der Waals surface area contributed by atoms with Crippen LogP contribution in [0.25, 0.3) is 0 Å². The number of piperidine rings is 1. The van der Waals surface area contributed by atoms with E-state index in [0.29, 0.717) is 18.3 Å². The number of hydrogen-bond donors (Lipinski definition) is 1. The van der Waals surface area contributed by atoms with Crippen LogP contribution in [0.15, 0.2) is 18.3 Å². The predicted molar refractivity (Wildman–Crippen MR) is 73.0 cm³/mol. The Balaban J connectivity index is 1.97. The first-order chi connectivity index (χ1) is 9.58. The molecule has 1 saturated heterocycles. The second-order valence-corrected chi connectivity index (χ2v) is 5.27. The Hall–Kier alpha value is -1.43. The number of rotatable bonds is 5. The van der Waals surface area contributed by atoms with Crippen LogP contribution in [-0.4, -0.2) is 48.0 Å². The summed E-state index contributed by atoms with van der Waals surface area (Å²) in [5.74, 6) is -0.206. The van der Waals surface area contributed by atoms with Crippen molar-refractivity contribution in [1.29, 1.82) is 0 Å². The van der Waals surface area contributed by atoms with Crippen LogP contribution in [0, 0.1) is 0 Å². The van der Waals surface area contributed by atoms with Gasteiger partial charge in [0.1, 0.15) is 5.69 Å². The zero-order valence-corrected chi connectivity index (χ0v) is 11.7. The molecule has 0 saturated carbocycles. The van der Waals surface area contributed by atoms with E-state index in [4.69, 9.17) is 0 Å². The number of likely N-dealkylation sites (N-methyl/N-ethyl adjacent to an activating group) is 1. The Labute approximate surface area is 117 Å². The predicted octanol–water partition coefficient (Wildman–Crippen LogP) is 1.97. The molecular weight excluding hydrogens is 264 g/mol. The van der Waals surface area contributed by atoms with Crippen molar-refractivity contribution in [2.45, 2.75) is 38.3 Å². The summed E-state index contributed by atoms with van der Waals surface area (Å²) in [5.41, 5.74) is 0.323. The zero-order chi connectivity index (χ0) is 14.5. The van der Waals surface area contributed by atoms with E-state index in [9.17, 15) is 13.6 Å². The molecule has 20 heavy (non-hydrogen) atoms. The molecule has 1 atom stereocenters. The largest absolute Gasteiger partial charge is 0.339 e. The average molecular weight is 285 g/mol. The third-order valence-electron chi connectivity index (χ3n) is 3.64. The van der Waals surface area contributed by atoms with Crippen LogP contribution < -0.4 is 5.32 Å². The lowest BCUT2D eigenvalue weighted by Crippen LogP contribution is -2.44. The van der Waals surface area contributed by atoms with Crippen molar-refractivity contribution in [2.24, 2.45) is 0 Å². The van der Waals surface area contributed by atoms with Crippen LogP contribution >= 0.6 is 0 Å². The lowest BCUT2D eigenvalue weighted by atomic mass is 10.0. The molecule has 0 aliphatic carbocycles. The van der Waals surface area contributed by atoms with E-state index in [0.717, 1.165) is 13.0 Å². The van der Waals surface area contributed by atoms with Crippen molar-refractivity contribution in [3.8, 4) is 0 Å². The van der Waals surface area contributed by atoms with Gasteiger partial charge in [-0.1, -0.05) is 6.42 Å². The molecule has 2 rings (SSSR count). The number of alkyl halides is 2. The number of halogens is 2. The van der Waals surface area contributed by atoms with Gasteiger partial charge in [-0.15, -0.1) is 0 Å².